The highest BCUT2D eigenvalue weighted by molar-refractivity contribution is 6.08. The van der Waals surface area contributed by atoms with Crippen LogP contribution in [0.2, 0.25) is 0 Å². The molecule has 1 aromatic rings. The van der Waals surface area contributed by atoms with Crippen LogP contribution in [-0.4, -0.2) is 18.7 Å². The molecule has 0 N–H and O–H groups in total. The summed E-state index contributed by atoms with van der Waals surface area (Å²) in [6.07, 6.45) is -0.0696. The molecular formula is C12H14O3. The summed E-state index contributed by atoms with van der Waals surface area (Å²) in [5.41, 5.74) is 1.45. The third-order valence-corrected chi connectivity index (χ3v) is 2.06. The number of ketones is 2. The van der Waals surface area contributed by atoms with Gasteiger partial charge in [0.15, 0.2) is 5.78 Å². The van der Waals surface area contributed by atoms with Crippen molar-refractivity contribution in [2.24, 2.45) is 0 Å². The van der Waals surface area contributed by atoms with E-state index in [1.165, 1.54) is 14.0 Å². The van der Waals surface area contributed by atoms with Crippen molar-refractivity contribution in [2.45, 2.75) is 20.3 Å². The van der Waals surface area contributed by atoms with Crippen LogP contribution in [0.4, 0.5) is 0 Å². The second-order valence-corrected chi connectivity index (χ2v) is 3.51. The minimum Gasteiger partial charge on any atom is -0.496 e. The van der Waals surface area contributed by atoms with Gasteiger partial charge in [-0.1, -0.05) is 11.6 Å². The van der Waals surface area contributed by atoms with Gasteiger partial charge in [0, 0.05) is 0 Å². The Hall–Kier alpha value is -1.64. The number of hydrogen-bond acceptors (Lipinski definition) is 3. The van der Waals surface area contributed by atoms with Crippen LogP contribution in [0.1, 0.15) is 29.3 Å². The number of ether oxygens (including phenoxy) is 1. The van der Waals surface area contributed by atoms with Crippen LogP contribution < -0.4 is 4.74 Å². The van der Waals surface area contributed by atoms with Crippen LogP contribution >= 0.6 is 0 Å². The lowest BCUT2D eigenvalue weighted by Gasteiger charge is -2.07. The number of rotatable bonds is 4. The maximum absolute atomic E-state index is 11.7. The molecule has 0 spiro atoms. The quantitative estimate of drug-likeness (QED) is 0.560. The molecule has 3 heteroatoms. The van der Waals surface area contributed by atoms with Crippen molar-refractivity contribution in [1.29, 1.82) is 0 Å². The molecule has 0 saturated heterocycles. The molecule has 15 heavy (non-hydrogen) atoms. The van der Waals surface area contributed by atoms with Gasteiger partial charge in [0.2, 0.25) is 0 Å². The first-order valence-corrected chi connectivity index (χ1v) is 4.72. The number of methoxy groups -OCH3 is 1. The molecule has 1 rings (SSSR count). The van der Waals surface area contributed by atoms with E-state index < -0.39 is 0 Å². The van der Waals surface area contributed by atoms with Crippen molar-refractivity contribution in [2.75, 3.05) is 7.11 Å². The first-order chi connectivity index (χ1) is 7.04. The van der Waals surface area contributed by atoms with Gasteiger partial charge < -0.3 is 4.74 Å². The van der Waals surface area contributed by atoms with Gasteiger partial charge in [-0.25, -0.2) is 0 Å². The van der Waals surface area contributed by atoms with E-state index in [0.717, 1.165) is 5.56 Å². The third-order valence-electron chi connectivity index (χ3n) is 2.06. The molecule has 0 aromatic heterocycles. The Bertz CT molecular complexity index is 394. The van der Waals surface area contributed by atoms with Gasteiger partial charge in [0.05, 0.1) is 19.1 Å². The molecule has 0 heterocycles. The largest absolute Gasteiger partial charge is 0.496 e. The van der Waals surface area contributed by atoms with Crippen LogP contribution in [0, 0.1) is 6.92 Å². The Kier molecular flexibility index (Phi) is 3.61. The molecule has 0 aliphatic rings. The van der Waals surface area contributed by atoms with Crippen molar-refractivity contribution in [3.63, 3.8) is 0 Å². The van der Waals surface area contributed by atoms with Crippen LogP contribution in [0.5, 0.6) is 5.75 Å². The Labute approximate surface area is 89.1 Å². The molecule has 0 saturated carbocycles. The fourth-order valence-electron chi connectivity index (χ4n) is 1.36. The van der Waals surface area contributed by atoms with Gasteiger partial charge in [0.1, 0.15) is 11.5 Å². The molecule has 0 aliphatic heterocycles. The highest BCUT2D eigenvalue weighted by Crippen LogP contribution is 2.21. The summed E-state index contributed by atoms with van der Waals surface area (Å²) in [6, 6.07) is 5.34. The first-order valence-electron chi connectivity index (χ1n) is 4.72. The summed E-state index contributed by atoms with van der Waals surface area (Å²) < 4.78 is 5.07. The molecule has 0 aliphatic carbocycles. The summed E-state index contributed by atoms with van der Waals surface area (Å²) in [6.45, 7) is 3.30. The average Bonchev–Trinajstić information content (AvgIpc) is 2.16. The number of Topliss-reactive ketones (excluding diaryl/α,β-unsaturated/α-hetero) is 2. The zero-order valence-corrected chi connectivity index (χ0v) is 9.16. The van der Waals surface area contributed by atoms with E-state index >= 15 is 0 Å². The lowest BCUT2D eigenvalue weighted by Crippen LogP contribution is -2.07. The molecule has 0 fully saturated rings. The van der Waals surface area contributed by atoms with Crippen LogP contribution in [0.15, 0.2) is 18.2 Å². The second kappa shape index (κ2) is 4.73. The molecule has 0 atom stereocenters. The fraction of sp³-hybridized carbons (Fsp3) is 0.333. The summed E-state index contributed by atoms with van der Waals surface area (Å²) in [5, 5.41) is 0. The van der Waals surface area contributed by atoms with E-state index in [4.69, 9.17) is 4.74 Å². The van der Waals surface area contributed by atoms with Crippen molar-refractivity contribution < 1.29 is 14.3 Å². The fourth-order valence-corrected chi connectivity index (χ4v) is 1.36. The molecule has 3 nitrogen and oxygen atoms in total. The second-order valence-electron chi connectivity index (χ2n) is 3.51. The first kappa shape index (κ1) is 11.4. The van der Waals surface area contributed by atoms with Gasteiger partial charge in [-0.05, 0) is 26.0 Å². The van der Waals surface area contributed by atoms with E-state index in [2.05, 4.69) is 0 Å². The summed E-state index contributed by atoms with van der Waals surface area (Å²) in [7, 11) is 1.51. The Morgan fingerprint density at radius 3 is 2.53 bits per heavy atom. The molecule has 0 radical (unpaired) electrons. The Morgan fingerprint density at radius 2 is 2.00 bits per heavy atom. The van der Waals surface area contributed by atoms with Crippen molar-refractivity contribution in [1.82, 2.24) is 0 Å². The van der Waals surface area contributed by atoms with Crippen molar-refractivity contribution in [3.05, 3.63) is 29.3 Å². The van der Waals surface area contributed by atoms with Gasteiger partial charge in [0.25, 0.3) is 0 Å². The van der Waals surface area contributed by atoms with E-state index in [0.29, 0.717) is 11.3 Å². The van der Waals surface area contributed by atoms with Crippen LogP contribution in [-0.2, 0) is 4.79 Å². The molecule has 80 valence electrons. The highest BCUT2D eigenvalue weighted by Gasteiger charge is 2.13. The smallest absolute Gasteiger partial charge is 0.173 e. The lowest BCUT2D eigenvalue weighted by atomic mass is 10.0. The van der Waals surface area contributed by atoms with Gasteiger partial charge in [-0.15, -0.1) is 0 Å². The van der Waals surface area contributed by atoms with Gasteiger partial charge in [-0.3, -0.25) is 9.59 Å². The number of aryl methyl sites for hydroxylation is 1. The minimum absolute atomic E-state index is 0.0696. The van der Waals surface area contributed by atoms with Gasteiger partial charge >= 0.3 is 0 Å². The normalized spacial score (nSPS) is 9.80. The number of hydrogen-bond donors (Lipinski definition) is 0. The predicted molar refractivity (Wildman–Crippen MR) is 57.4 cm³/mol. The van der Waals surface area contributed by atoms with E-state index in [1.807, 2.05) is 13.0 Å². The molecule has 0 unspecified atom stereocenters. The van der Waals surface area contributed by atoms with Crippen LogP contribution in [0.25, 0.3) is 0 Å². The summed E-state index contributed by atoms with van der Waals surface area (Å²) in [5.74, 6) is 0.193. The Morgan fingerprint density at radius 1 is 1.33 bits per heavy atom. The van der Waals surface area contributed by atoms with Crippen molar-refractivity contribution >= 4 is 11.6 Å². The lowest BCUT2D eigenvalue weighted by molar-refractivity contribution is -0.116. The zero-order chi connectivity index (χ0) is 11.4. The monoisotopic (exact) mass is 206 g/mol. The zero-order valence-electron chi connectivity index (χ0n) is 9.16. The van der Waals surface area contributed by atoms with Crippen LogP contribution in [0.3, 0.4) is 0 Å². The standard InChI is InChI=1S/C12H14O3/c1-8-4-5-12(15-3)10(6-8)11(14)7-9(2)13/h4-6H,7H2,1-3H3. The third kappa shape index (κ3) is 2.91. The number of benzene rings is 1. The maximum atomic E-state index is 11.7. The summed E-state index contributed by atoms with van der Waals surface area (Å²) >= 11 is 0. The number of carbonyl (C=O) groups excluding carboxylic acids is 2. The SMILES string of the molecule is COc1ccc(C)cc1C(=O)CC(C)=O. The minimum atomic E-state index is -0.192. The molecule has 0 amide bonds. The van der Waals surface area contributed by atoms with Gasteiger partial charge in [-0.2, -0.15) is 0 Å². The Balaban J connectivity index is 3.05. The maximum Gasteiger partial charge on any atom is 0.173 e. The van der Waals surface area contributed by atoms with Crippen molar-refractivity contribution in [3.8, 4) is 5.75 Å². The summed E-state index contributed by atoms with van der Waals surface area (Å²) in [4.78, 5) is 22.5. The molecule has 1 aromatic carbocycles. The van der Waals surface area contributed by atoms with E-state index in [-0.39, 0.29) is 18.0 Å². The van der Waals surface area contributed by atoms with E-state index in [9.17, 15) is 9.59 Å². The number of carbonyl (C=O) groups is 2. The highest BCUT2D eigenvalue weighted by atomic mass is 16.5. The average molecular weight is 206 g/mol. The molecule has 0 bridgehead atoms. The van der Waals surface area contributed by atoms with E-state index in [1.54, 1.807) is 12.1 Å². The molecular weight excluding hydrogens is 192 g/mol. The topological polar surface area (TPSA) is 43.4 Å². The predicted octanol–water partition coefficient (Wildman–Crippen LogP) is 2.17.